The van der Waals surface area contributed by atoms with Gasteiger partial charge in [0.1, 0.15) is 0 Å². The third kappa shape index (κ3) is 4.37. The number of piperazine rings is 1. The molecule has 1 saturated heterocycles. The first kappa shape index (κ1) is 20.2. The Kier molecular flexibility index (Phi) is 5.76. The zero-order valence-electron chi connectivity index (χ0n) is 17.1. The van der Waals surface area contributed by atoms with Crippen molar-refractivity contribution in [1.29, 1.82) is 0 Å². The standard InChI is InChI=1S/C24H23ClN4OS/c25-18-8-9-21-22(16-18)31-24(27-21)29-14-12-28(13-15-29)11-10-26-23(30)20-7-3-5-17-4-1-2-6-19(17)20/h1-9,16H,10-15H2,(H,26,30). The number of carbonyl (C=O) groups excluding carboxylic acids is 1. The highest BCUT2D eigenvalue weighted by Gasteiger charge is 2.20. The molecule has 1 amide bonds. The summed E-state index contributed by atoms with van der Waals surface area (Å²) in [5, 5.41) is 6.97. The van der Waals surface area contributed by atoms with Gasteiger partial charge in [-0.05, 0) is 35.0 Å². The summed E-state index contributed by atoms with van der Waals surface area (Å²) in [5.41, 5.74) is 1.74. The Morgan fingerprint density at radius 3 is 2.71 bits per heavy atom. The third-order valence-corrected chi connectivity index (χ3v) is 7.04. The molecule has 5 nitrogen and oxygen atoms in total. The van der Waals surface area contributed by atoms with Crippen molar-refractivity contribution in [2.45, 2.75) is 0 Å². The molecule has 1 aromatic heterocycles. The predicted molar refractivity (Wildman–Crippen MR) is 130 cm³/mol. The van der Waals surface area contributed by atoms with E-state index in [9.17, 15) is 4.79 Å². The maximum Gasteiger partial charge on any atom is 0.251 e. The number of hydrogen-bond acceptors (Lipinski definition) is 5. The molecule has 0 aliphatic carbocycles. The summed E-state index contributed by atoms with van der Waals surface area (Å²) in [7, 11) is 0. The number of halogens is 1. The molecule has 3 aromatic carbocycles. The number of nitrogens with one attached hydrogen (secondary N) is 1. The van der Waals surface area contributed by atoms with Gasteiger partial charge in [-0.2, -0.15) is 0 Å². The molecule has 158 valence electrons. The average molecular weight is 451 g/mol. The van der Waals surface area contributed by atoms with Crippen LogP contribution >= 0.6 is 22.9 Å². The van der Waals surface area contributed by atoms with Crippen LogP contribution in [0.25, 0.3) is 21.0 Å². The number of aromatic nitrogens is 1. The SMILES string of the molecule is O=C(NCCN1CCN(c2nc3ccc(Cl)cc3s2)CC1)c1cccc2ccccc12. The van der Waals surface area contributed by atoms with Gasteiger partial charge in [-0.1, -0.05) is 59.3 Å². The van der Waals surface area contributed by atoms with Crippen LogP contribution in [-0.2, 0) is 0 Å². The van der Waals surface area contributed by atoms with E-state index in [1.54, 1.807) is 11.3 Å². The van der Waals surface area contributed by atoms with Crippen LogP contribution in [0.3, 0.4) is 0 Å². The first-order valence-corrected chi connectivity index (χ1v) is 11.7. The van der Waals surface area contributed by atoms with Crippen LogP contribution in [0.2, 0.25) is 5.02 Å². The highest BCUT2D eigenvalue weighted by molar-refractivity contribution is 7.22. The number of benzene rings is 3. The Labute approximate surface area is 190 Å². The second-order valence-electron chi connectivity index (χ2n) is 7.72. The topological polar surface area (TPSA) is 48.5 Å². The van der Waals surface area contributed by atoms with E-state index in [0.717, 1.165) is 69.4 Å². The molecule has 1 fully saturated rings. The Hall–Kier alpha value is -2.67. The summed E-state index contributed by atoms with van der Waals surface area (Å²) in [4.78, 5) is 22.2. The second-order valence-corrected chi connectivity index (χ2v) is 9.17. The maximum absolute atomic E-state index is 12.7. The minimum atomic E-state index is -0.0106. The molecular weight excluding hydrogens is 428 g/mol. The van der Waals surface area contributed by atoms with Crippen LogP contribution in [0.4, 0.5) is 5.13 Å². The Morgan fingerprint density at radius 2 is 1.84 bits per heavy atom. The van der Waals surface area contributed by atoms with Crippen LogP contribution in [0.1, 0.15) is 10.4 Å². The zero-order chi connectivity index (χ0) is 21.2. The Bertz CT molecular complexity index is 1230. The van der Waals surface area contributed by atoms with Crippen molar-refractivity contribution in [2.75, 3.05) is 44.2 Å². The van der Waals surface area contributed by atoms with Crippen LogP contribution < -0.4 is 10.2 Å². The van der Waals surface area contributed by atoms with Crippen LogP contribution in [0.5, 0.6) is 0 Å². The molecule has 2 heterocycles. The average Bonchev–Trinajstić information content (AvgIpc) is 3.22. The molecule has 0 atom stereocenters. The number of hydrogen-bond donors (Lipinski definition) is 1. The summed E-state index contributed by atoms with van der Waals surface area (Å²) < 4.78 is 1.13. The molecule has 1 aliphatic rings. The Balaban J connectivity index is 1.13. The fourth-order valence-corrected chi connectivity index (χ4v) is 5.32. The third-order valence-electron chi connectivity index (χ3n) is 5.73. The lowest BCUT2D eigenvalue weighted by Gasteiger charge is -2.34. The monoisotopic (exact) mass is 450 g/mol. The van der Waals surface area contributed by atoms with E-state index in [2.05, 4.69) is 15.1 Å². The summed E-state index contributed by atoms with van der Waals surface area (Å²) >= 11 is 7.79. The molecule has 1 aliphatic heterocycles. The molecular formula is C24H23ClN4OS. The van der Waals surface area contributed by atoms with Gasteiger partial charge in [-0.25, -0.2) is 4.98 Å². The van der Waals surface area contributed by atoms with E-state index in [-0.39, 0.29) is 5.91 Å². The molecule has 0 spiro atoms. The van der Waals surface area contributed by atoms with E-state index in [4.69, 9.17) is 16.6 Å². The molecule has 0 bridgehead atoms. The minimum Gasteiger partial charge on any atom is -0.351 e. The van der Waals surface area contributed by atoms with Crippen molar-refractivity contribution in [3.05, 3.63) is 71.2 Å². The quantitative estimate of drug-likeness (QED) is 0.480. The molecule has 0 unspecified atom stereocenters. The molecule has 1 N–H and O–H groups in total. The Morgan fingerprint density at radius 1 is 1.03 bits per heavy atom. The van der Waals surface area contributed by atoms with Crippen LogP contribution in [-0.4, -0.2) is 55.1 Å². The zero-order valence-corrected chi connectivity index (χ0v) is 18.6. The molecule has 5 rings (SSSR count). The van der Waals surface area contributed by atoms with Crippen molar-refractivity contribution in [2.24, 2.45) is 0 Å². The van der Waals surface area contributed by atoms with E-state index in [0.29, 0.717) is 6.54 Å². The van der Waals surface area contributed by atoms with E-state index < -0.39 is 0 Å². The fourth-order valence-electron chi connectivity index (χ4n) is 4.03. The van der Waals surface area contributed by atoms with Crippen molar-refractivity contribution in [3.8, 4) is 0 Å². The summed E-state index contributed by atoms with van der Waals surface area (Å²) in [6, 6.07) is 19.7. The van der Waals surface area contributed by atoms with Gasteiger partial charge in [0, 0.05) is 49.9 Å². The summed E-state index contributed by atoms with van der Waals surface area (Å²) in [6.07, 6.45) is 0. The van der Waals surface area contributed by atoms with Gasteiger partial charge in [-0.3, -0.25) is 9.69 Å². The van der Waals surface area contributed by atoms with Gasteiger partial charge in [0.05, 0.1) is 10.2 Å². The predicted octanol–water partition coefficient (Wildman–Crippen LogP) is 4.65. The number of rotatable bonds is 5. The smallest absolute Gasteiger partial charge is 0.251 e. The lowest BCUT2D eigenvalue weighted by Crippen LogP contribution is -2.48. The molecule has 31 heavy (non-hydrogen) atoms. The van der Waals surface area contributed by atoms with Gasteiger partial charge < -0.3 is 10.2 Å². The van der Waals surface area contributed by atoms with E-state index in [1.165, 1.54) is 0 Å². The van der Waals surface area contributed by atoms with Crippen molar-refractivity contribution < 1.29 is 4.79 Å². The van der Waals surface area contributed by atoms with E-state index >= 15 is 0 Å². The van der Waals surface area contributed by atoms with Crippen molar-refractivity contribution in [1.82, 2.24) is 15.2 Å². The first-order valence-electron chi connectivity index (χ1n) is 10.5. The van der Waals surface area contributed by atoms with Crippen molar-refractivity contribution in [3.63, 3.8) is 0 Å². The van der Waals surface area contributed by atoms with Crippen LogP contribution in [0, 0.1) is 0 Å². The highest BCUT2D eigenvalue weighted by Crippen LogP contribution is 2.31. The first-order chi connectivity index (χ1) is 15.2. The van der Waals surface area contributed by atoms with Gasteiger partial charge in [0.25, 0.3) is 5.91 Å². The maximum atomic E-state index is 12.7. The number of anilines is 1. The van der Waals surface area contributed by atoms with Crippen molar-refractivity contribution >= 4 is 55.0 Å². The lowest BCUT2D eigenvalue weighted by molar-refractivity contribution is 0.0949. The minimum absolute atomic E-state index is 0.0106. The summed E-state index contributed by atoms with van der Waals surface area (Å²) in [5.74, 6) is -0.0106. The lowest BCUT2D eigenvalue weighted by atomic mass is 10.0. The molecule has 0 radical (unpaired) electrons. The number of thiazole rings is 1. The van der Waals surface area contributed by atoms with Gasteiger partial charge in [-0.15, -0.1) is 0 Å². The largest absolute Gasteiger partial charge is 0.351 e. The van der Waals surface area contributed by atoms with E-state index in [1.807, 2.05) is 60.7 Å². The number of fused-ring (bicyclic) bond motifs is 2. The molecule has 0 saturated carbocycles. The fraction of sp³-hybridized carbons (Fsp3) is 0.250. The summed E-state index contributed by atoms with van der Waals surface area (Å²) in [6.45, 7) is 5.28. The normalized spacial score (nSPS) is 14.9. The highest BCUT2D eigenvalue weighted by atomic mass is 35.5. The van der Waals surface area contributed by atoms with Gasteiger partial charge in [0.2, 0.25) is 0 Å². The van der Waals surface area contributed by atoms with Gasteiger partial charge in [0.15, 0.2) is 5.13 Å². The van der Waals surface area contributed by atoms with Gasteiger partial charge >= 0.3 is 0 Å². The van der Waals surface area contributed by atoms with Crippen LogP contribution in [0.15, 0.2) is 60.7 Å². The number of nitrogens with zero attached hydrogens (tertiary/aromatic N) is 3. The number of amides is 1. The second kappa shape index (κ2) is 8.83. The number of carbonyl (C=O) groups is 1. The molecule has 7 heteroatoms. The molecule has 4 aromatic rings.